The molecule has 3 aromatic carbocycles. The van der Waals surface area contributed by atoms with Crippen LogP contribution in [0.2, 0.25) is 3.34 Å². The van der Waals surface area contributed by atoms with Crippen LogP contribution < -0.4 is 52.8 Å². The number of benzene rings is 3. The van der Waals surface area contributed by atoms with Crippen molar-refractivity contribution < 1.29 is 57.7 Å². The number of rotatable bonds is 35. The molecule has 1 aliphatic carbocycles. The SMILES string of the molecule is CCCCCCc1cc(CCCCCC)cc([Si](c2cc(CCCCCC)cc(CCCCCC)c2)(c2cc(CCCCCC)cc(CCCCCC)c2)[C]2([Ti+3])C=CC(C(C)C)=C2)c1.[Cl-].[Cl-].[Cl-]. The molecule has 374 valence electrons. The molecular formula is C62H97Cl3SiTi. The van der Waals surface area contributed by atoms with Gasteiger partial charge >= 0.3 is 413 Å². The van der Waals surface area contributed by atoms with Gasteiger partial charge in [0.05, 0.1) is 0 Å². The van der Waals surface area contributed by atoms with Gasteiger partial charge < -0.3 is 37.2 Å². The summed E-state index contributed by atoms with van der Waals surface area (Å²) in [7, 11) is -2.88. The van der Waals surface area contributed by atoms with Gasteiger partial charge in [0.15, 0.2) is 0 Å². The van der Waals surface area contributed by atoms with Crippen molar-refractivity contribution in [3.63, 3.8) is 0 Å². The van der Waals surface area contributed by atoms with Gasteiger partial charge in [0.1, 0.15) is 0 Å². The summed E-state index contributed by atoms with van der Waals surface area (Å²) >= 11 is 2.70. The summed E-state index contributed by atoms with van der Waals surface area (Å²) < 4.78 is -0.118. The zero-order valence-corrected chi connectivity index (χ0v) is 49.2. The van der Waals surface area contributed by atoms with Gasteiger partial charge in [-0.3, -0.25) is 0 Å². The van der Waals surface area contributed by atoms with E-state index < -0.39 is 8.07 Å². The van der Waals surface area contributed by atoms with Gasteiger partial charge in [-0.25, -0.2) is 0 Å². The second-order valence-electron chi connectivity index (χ2n) is 20.7. The summed E-state index contributed by atoms with van der Waals surface area (Å²) in [6.45, 7) is 19.0. The first kappa shape index (κ1) is 64.0. The molecule has 3 aromatic rings. The molecule has 67 heavy (non-hydrogen) atoms. The molecule has 0 spiro atoms. The molecule has 0 bridgehead atoms. The molecule has 0 aliphatic heterocycles. The van der Waals surface area contributed by atoms with E-state index in [1.807, 2.05) is 0 Å². The van der Waals surface area contributed by atoms with Crippen LogP contribution in [0.5, 0.6) is 0 Å². The fourth-order valence-electron chi connectivity index (χ4n) is 10.7. The largest absolute Gasteiger partial charge is 1.00 e. The third-order valence-electron chi connectivity index (χ3n) is 14.6. The molecule has 1 atom stereocenters. The van der Waals surface area contributed by atoms with Crippen molar-refractivity contribution in [1.29, 1.82) is 0 Å². The van der Waals surface area contributed by atoms with Crippen molar-refractivity contribution in [3.05, 3.63) is 112 Å². The number of aryl methyl sites for hydroxylation is 6. The molecule has 5 heteroatoms. The van der Waals surface area contributed by atoms with Crippen LogP contribution in [0.25, 0.3) is 0 Å². The van der Waals surface area contributed by atoms with Gasteiger partial charge in [0.25, 0.3) is 0 Å². The first-order valence-corrected chi connectivity index (χ1v) is 30.5. The van der Waals surface area contributed by atoms with E-state index >= 15 is 0 Å². The first-order chi connectivity index (χ1) is 31.2. The number of hydrogen-bond acceptors (Lipinski definition) is 0. The van der Waals surface area contributed by atoms with E-state index in [0.717, 1.165) is 0 Å². The van der Waals surface area contributed by atoms with Gasteiger partial charge in [-0.05, 0) is 0 Å². The molecule has 0 N–H and O–H groups in total. The third kappa shape index (κ3) is 20.2. The predicted molar refractivity (Wildman–Crippen MR) is 286 cm³/mol. The van der Waals surface area contributed by atoms with E-state index in [2.05, 4.69) is 149 Å². The molecule has 1 unspecified atom stereocenters. The number of allylic oxidation sites excluding steroid dienone is 4. The van der Waals surface area contributed by atoms with Crippen molar-refractivity contribution in [3.8, 4) is 0 Å². The second kappa shape index (κ2) is 35.9. The van der Waals surface area contributed by atoms with Gasteiger partial charge in [-0.2, -0.15) is 0 Å². The Hall–Kier alpha value is -1.06. The smallest absolute Gasteiger partial charge is 1.00 e. The monoisotopic (exact) mass is 1020 g/mol. The molecular weight excluding hydrogens is 927 g/mol. The topological polar surface area (TPSA) is 0 Å². The molecule has 0 saturated heterocycles. The van der Waals surface area contributed by atoms with Crippen molar-refractivity contribution in [1.82, 2.24) is 0 Å². The molecule has 4 rings (SSSR count). The number of halogens is 3. The van der Waals surface area contributed by atoms with Gasteiger partial charge in [-0.1, -0.05) is 0 Å². The van der Waals surface area contributed by atoms with Gasteiger partial charge in [0.2, 0.25) is 0 Å². The maximum Gasteiger partial charge on any atom is -1.00 e. The van der Waals surface area contributed by atoms with Gasteiger partial charge in [0, 0.05) is 0 Å². The molecule has 0 nitrogen and oxygen atoms in total. The zero-order chi connectivity index (χ0) is 46.0. The van der Waals surface area contributed by atoms with Crippen LogP contribution in [0.4, 0.5) is 0 Å². The quantitative estimate of drug-likeness (QED) is 0.0317. The molecule has 0 saturated carbocycles. The summed E-state index contributed by atoms with van der Waals surface area (Å²) in [4.78, 5) is 0. The Bertz CT molecular complexity index is 1570. The van der Waals surface area contributed by atoms with Crippen molar-refractivity contribution in [2.24, 2.45) is 5.92 Å². The summed E-state index contributed by atoms with van der Waals surface area (Å²) in [6, 6.07) is 24.8. The minimum Gasteiger partial charge on any atom is -1.00 e. The summed E-state index contributed by atoms with van der Waals surface area (Å²) in [5.74, 6) is 0.502. The maximum absolute atomic E-state index is 2.88. The van der Waals surface area contributed by atoms with Crippen LogP contribution in [0.3, 0.4) is 0 Å². The van der Waals surface area contributed by atoms with E-state index in [9.17, 15) is 0 Å². The zero-order valence-electron chi connectivity index (χ0n) is 44.4. The Kier molecular flexibility index (Phi) is 34.3. The van der Waals surface area contributed by atoms with Crippen LogP contribution in [-0.2, 0) is 59.0 Å². The molecule has 0 amide bonds. The number of hydrogen-bond donors (Lipinski definition) is 0. The second-order valence-corrected chi connectivity index (χ2v) is 26.9. The van der Waals surface area contributed by atoms with E-state index in [1.54, 1.807) is 48.9 Å². The van der Waals surface area contributed by atoms with Crippen LogP contribution in [0, 0.1) is 5.92 Å². The summed E-state index contributed by atoms with van der Waals surface area (Å²) in [6.07, 6.45) is 46.8. The summed E-state index contributed by atoms with van der Waals surface area (Å²) in [5, 5.41) is 5.04. The van der Waals surface area contributed by atoms with Crippen LogP contribution in [-0.4, -0.2) is 8.07 Å². The van der Waals surface area contributed by atoms with Crippen molar-refractivity contribution in [2.45, 2.75) is 251 Å². The average molecular weight is 1020 g/mol. The van der Waals surface area contributed by atoms with Crippen molar-refractivity contribution in [2.75, 3.05) is 0 Å². The minimum atomic E-state index is -2.88. The standard InChI is InChI=1S/C62H97Si.3ClH.Ti/c1-9-15-21-27-33-52-41-53(34-28-22-16-10-2)45-60(44-52)63(59-40-39-58(50-59)51(7)8,61-46-54(35-29-23-17-11-3)42-55(47-61)36-30-24-18-12-4)62-48-56(37-31-25-19-13-5)43-57(49-62)38-32-26-20-14-6;;;;/h39-51H,9-38H2,1-8H3;3*1H;/q;;;;+3/p-3. The normalized spacial score (nSPS) is 14.5. The van der Waals surface area contributed by atoms with E-state index in [4.69, 9.17) is 0 Å². The predicted octanol–water partition coefficient (Wildman–Crippen LogP) is 8.30. The fourth-order valence-corrected chi connectivity index (χ4v) is 18.7. The average Bonchev–Trinajstić information content (AvgIpc) is 3.70. The minimum absolute atomic E-state index is 0. The Morgan fingerprint density at radius 3 is 0.806 bits per heavy atom. The fraction of sp³-hybridized carbons (Fsp3) is 0.645. The van der Waals surface area contributed by atoms with E-state index in [1.165, 1.54) is 198 Å². The van der Waals surface area contributed by atoms with Gasteiger partial charge in [-0.15, -0.1) is 0 Å². The molecule has 0 aromatic heterocycles. The van der Waals surface area contributed by atoms with E-state index in [0.29, 0.717) is 5.92 Å². The van der Waals surface area contributed by atoms with Crippen molar-refractivity contribution >= 4 is 23.6 Å². The molecule has 0 fully saturated rings. The number of unbranched alkanes of at least 4 members (excludes halogenated alkanes) is 18. The Morgan fingerprint density at radius 1 is 0.373 bits per heavy atom. The maximum atomic E-state index is 2.81. The first-order valence-electron chi connectivity index (χ1n) is 27.7. The molecule has 1 aliphatic rings. The Labute approximate surface area is 447 Å². The Morgan fingerprint density at radius 2 is 0.612 bits per heavy atom. The van der Waals surface area contributed by atoms with Crippen LogP contribution >= 0.6 is 0 Å². The third-order valence-corrected chi connectivity index (χ3v) is 21.8. The van der Waals surface area contributed by atoms with E-state index in [-0.39, 0.29) is 40.6 Å². The molecule has 0 radical (unpaired) electrons. The summed E-state index contributed by atoms with van der Waals surface area (Å²) in [5.41, 5.74) is 11.1. The molecule has 0 heterocycles. The van der Waals surface area contributed by atoms with Crippen LogP contribution in [0.15, 0.2) is 78.4 Å². The Balaban J connectivity index is 0.00000748. The van der Waals surface area contributed by atoms with Crippen LogP contribution in [0.1, 0.15) is 243 Å².